The molecule has 0 heterocycles. The fourth-order valence-corrected chi connectivity index (χ4v) is 1.60. The Hall–Kier alpha value is -0.490. The molecule has 0 radical (unpaired) electrons. The molecule has 3 nitrogen and oxygen atoms in total. The number of hydrogen-bond donors (Lipinski definition) is 1. The minimum atomic E-state index is -4.20. The van der Waals surface area contributed by atoms with Gasteiger partial charge in [0, 0.05) is 19.5 Å². The summed E-state index contributed by atoms with van der Waals surface area (Å²) in [5.74, 6) is 0.205. The van der Waals surface area contributed by atoms with Crippen LogP contribution in [0.4, 0.5) is 13.2 Å². The molecule has 0 saturated heterocycles. The first-order valence-electron chi connectivity index (χ1n) is 5.97. The largest absolute Gasteiger partial charge is 0.390 e. The molecule has 7 heteroatoms. The fraction of sp³-hybridized carbons (Fsp3) is 0.909. The van der Waals surface area contributed by atoms with Crippen LogP contribution in [0, 0.1) is 5.92 Å². The zero-order valence-corrected chi connectivity index (χ0v) is 11.0. The van der Waals surface area contributed by atoms with E-state index in [4.69, 9.17) is 5.73 Å². The molecule has 0 spiro atoms. The van der Waals surface area contributed by atoms with Gasteiger partial charge in [0.2, 0.25) is 5.91 Å². The van der Waals surface area contributed by atoms with E-state index in [9.17, 15) is 18.0 Å². The van der Waals surface area contributed by atoms with Crippen LogP contribution >= 0.6 is 12.4 Å². The Balaban J connectivity index is 0.00000289. The van der Waals surface area contributed by atoms with Gasteiger partial charge >= 0.3 is 6.18 Å². The first-order valence-corrected chi connectivity index (χ1v) is 5.97. The third-order valence-corrected chi connectivity index (χ3v) is 2.79. The summed E-state index contributed by atoms with van der Waals surface area (Å²) >= 11 is 0. The van der Waals surface area contributed by atoms with Crippen LogP contribution in [-0.2, 0) is 4.79 Å². The van der Waals surface area contributed by atoms with Crippen molar-refractivity contribution in [2.75, 3.05) is 19.6 Å². The van der Waals surface area contributed by atoms with Gasteiger partial charge in [0.25, 0.3) is 0 Å². The Labute approximate surface area is 111 Å². The average molecular weight is 289 g/mol. The molecule has 1 fully saturated rings. The van der Waals surface area contributed by atoms with E-state index in [0.29, 0.717) is 25.4 Å². The van der Waals surface area contributed by atoms with E-state index in [-0.39, 0.29) is 31.3 Å². The molecule has 0 atom stereocenters. The number of nitrogens with two attached hydrogens (primary N) is 1. The highest BCUT2D eigenvalue weighted by molar-refractivity contribution is 5.85. The zero-order valence-electron chi connectivity index (χ0n) is 10.2. The van der Waals surface area contributed by atoms with Crippen molar-refractivity contribution in [2.45, 2.75) is 38.3 Å². The summed E-state index contributed by atoms with van der Waals surface area (Å²) in [7, 11) is 0. The van der Waals surface area contributed by atoms with Crippen molar-refractivity contribution in [1.82, 2.24) is 4.90 Å². The smallest absolute Gasteiger partial charge is 0.342 e. The molecular weight excluding hydrogens is 269 g/mol. The molecule has 1 amide bonds. The van der Waals surface area contributed by atoms with E-state index in [2.05, 4.69) is 0 Å². The first-order chi connectivity index (χ1) is 7.92. The standard InChI is InChI=1S/C11H19F3N2O.ClH/c12-11(13,14)5-7-16(8-9-3-4-9)10(17)2-1-6-15;/h9H,1-8,15H2;1H. The number of hydrogen-bond acceptors (Lipinski definition) is 2. The van der Waals surface area contributed by atoms with Crippen LogP contribution in [0.2, 0.25) is 0 Å². The van der Waals surface area contributed by atoms with Gasteiger partial charge in [0.1, 0.15) is 0 Å². The summed E-state index contributed by atoms with van der Waals surface area (Å²) in [6.45, 7) is 0.644. The maximum Gasteiger partial charge on any atom is 0.390 e. The summed E-state index contributed by atoms with van der Waals surface area (Å²) in [6.07, 6.45) is -2.30. The molecule has 2 N–H and O–H groups in total. The van der Waals surface area contributed by atoms with Crippen molar-refractivity contribution in [3.63, 3.8) is 0 Å². The second-order valence-electron chi connectivity index (χ2n) is 4.54. The van der Waals surface area contributed by atoms with Crippen LogP contribution in [-0.4, -0.2) is 36.6 Å². The van der Waals surface area contributed by atoms with Gasteiger partial charge in [-0.05, 0) is 31.7 Å². The van der Waals surface area contributed by atoms with Crippen LogP contribution in [0.5, 0.6) is 0 Å². The summed E-state index contributed by atoms with van der Waals surface area (Å²) in [5.41, 5.74) is 5.28. The van der Waals surface area contributed by atoms with E-state index in [1.807, 2.05) is 0 Å². The summed E-state index contributed by atoms with van der Waals surface area (Å²) in [5, 5.41) is 0. The summed E-state index contributed by atoms with van der Waals surface area (Å²) in [4.78, 5) is 13.0. The van der Waals surface area contributed by atoms with Crippen LogP contribution in [0.15, 0.2) is 0 Å². The number of alkyl halides is 3. The molecule has 0 aliphatic heterocycles. The van der Waals surface area contributed by atoms with E-state index >= 15 is 0 Å². The molecule has 0 aromatic rings. The molecule has 0 aromatic heterocycles. The van der Waals surface area contributed by atoms with Crippen molar-refractivity contribution in [3.05, 3.63) is 0 Å². The SMILES string of the molecule is Cl.NCCCC(=O)N(CCC(F)(F)F)CC1CC1. The van der Waals surface area contributed by atoms with Gasteiger partial charge in [-0.25, -0.2) is 0 Å². The third kappa shape index (κ3) is 7.76. The van der Waals surface area contributed by atoms with E-state index in [1.54, 1.807) is 0 Å². The highest BCUT2D eigenvalue weighted by Gasteiger charge is 2.31. The highest BCUT2D eigenvalue weighted by Crippen LogP contribution is 2.30. The number of rotatable bonds is 7. The van der Waals surface area contributed by atoms with Crippen LogP contribution < -0.4 is 5.73 Å². The summed E-state index contributed by atoms with van der Waals surface area (Å²) in [6, 6.07) is 0. The van der Waals surface area contributed by atoms with Gasteiger partial charge in [-0.3, -0.25) is 4.79 Å². The van der Waals surface area contributed by atoms with Crippen molar-refractivity contribution in [1.29, 1.82) is 0 Å². The van der Waals surface area contributed by atoms with Crippen LogP contribution in [0.1, 0.15) is 32.1 Å². The van der Waals surface area contributed by atoms with Crippen LogP contribution in [0.25, 0.3) is 0 Å². The van der Waals surface area contributed by atoms with Gasteiger partial charge in [-0.2, -0.15) is 13.2 Å². The lowest BCUT2D eigenvalue weighted by Crippen LogP contribution is -2.35. The number of halogens is 4. The van der Waals surface area contributed by atoms with E-state index in [0.717, 1.165) is 12.8 Å². The van der Waals surface area contributed by atoms with E-state index < -0.39 is 12.6 Å². The predicted molar refractivity (Wildman–Crippen MR) is 65.5 cm³/mol. The Morgan fingerprint density at radius 2 is 1.94 bits per heavy atom. The zero-order chi connectivity index (χ0) is 12.9. The van der Waals surface area contributed by atoms with E-state index in [1.165, 1.54) is 4.90 Å². The Kier molecular flexibility index (Phi) is 7.62. The van der Waals surface area contributed by atoms with Crippen molar-refractivity contribution >= 4 is 18.3 Å². The molecule has 1 aliphatic rings. The molecular formula is C11H20ClF3N2O. The highest BCUT2D eigenvalue weighted by atomic mass is 35.5. The average Bonchev–Trinajstić information content (AvgIpc) is 3.03. The van der Waals surface area contributed by atoms with Crippen molar-refractivity contribution < 1.29 is 18.0 Å². The Morgan fingerprint density at radius 3 is 2.39 bits per heavy atom. The second kappa shape index (κ2) is 7.84. The maximum atomic E-state index is 12.1. The normalized spacial score (nSPS) is 15.1. The quantitative estimate of drug-likeness (QED) is 0.781. The van der Waals surface area contributed by atoms with Crippen molar-refractivity contribution in [2.24, 2.45) is 11.7 Å². The molecule has 0 aromatic carbocycles. The molecule has 1 saturated carbocycles. The lowest BCUT2D eigenvalue weighted by Gasteiger charge is -2.23. The monoisotopic (exact) mass is 288 g/mol. The van der Waals surface area contributed by atoms with Crippen LogP contribution in [0.3, 0.4) is 0 Å². The predicted octanol–water partition coefficient (Wildman–Crippen LogP) is 2.34. The van der Waals surface area contributed by atoms with Crippen molar-refractivity contribution in [3.8, 4) is 0 Å². The topological polar surface area (TPSA) is 46.3 Å². The number of amides is 1. The molecule has 0 bridgehead atoms. The number of nitrogens with zero attached hydrogens (tertiary/aromatic N) is 1. The minimum absolute atomic E-state index is 0. The molecule has 1 aliphatic carbocycles. The molecule has 1 rings (SSSR count). The molecule has 108 valence electrons. The van der Waals surface area contributed by atoms with Gasteiger partial charge in [0.15, 0.2) is 0 Å². The minimum Gasteiger partial charge on any atom is -0.342 e. The number of carbonyl (C=O) groups is 1. The molecule has 18 heavy (non-hydrogen) atoms. The van der Waals surface area contributed by atoms with Gasteiger partial charge in [0.05, 0.1) is 6.42 Å². The van der Waals surface area contributed by atoms with Gasteiger partial charge < -0.3 is 10.6 Å². The maximum absolute atomic E-state index is 12.1. The lowest BCUT2D eigenvalue weighted by atomic mass is 10.2. The fourth-order valence-electron chi connectivity index (χ4n) is 1.60. The van der Waals surface area contributed by atoms with Gasteiger partial charge in [-0.1, -0.05) is 0 Å². The third-order valence-electron chi connectivity index (χ3n) is 2.79. The second-order valence-corrected chi connectivity index (χ2v) is 4.54. The van der Waals surface area contributed by atoms with Gasteiger partial charge in [-0.15, -0.1) is 12.4 Å². The lowest BCUT2D eigenvalue weighted by molar-refractivity contribution is -0.145. The Bertz CT molecular complexity index is 257. The number of carbonyl (C=O) groups excluding carboxylic acids is 1. The first kappa shape index (κ1) is 17.5. The molecule has 0 unspecified atom stereocenters. The summed E-state index contributed by atoms with van der Waals surface area (Å²) < 4.78 is 36.4. The Morgan fingerprint density at radius 1 is 1.33 bits per heavy atom.